The third-order valence-electron chi connectivity index (χ3n) is 7.02. The van der Waals surface area contributed by atoms with E-state index in [1.807, 2.05) is 0 Å². The van der Waals surface area contributed by atoms with E-state index in [1.165, 1.54) is 30.5 Å². The molecule has 1 heterocycles. The lowest BCUT2D eigenvalue weighted by atomic mass is 9.49. The minimum absolute atomic E-state index is 0.0799. The zero-order valence-electron chi connectivity index (χ0n) is 16.9. The first-order valence-corrected chi connectivity index (χ1v) is 10.5. The van der Waals surface area contributed by atoms with Crippen molar-refractivity contribution in [2.45, 2.75) is 38.9 Å². The molecular weight excluding hydrogens is 357 g/mol. The first-order valence-electron chi connectivity index (χ1n) is 10.5. The molecule has 4 aliphatic rings. The van der Waals surface area contributed by atoms with Gasteiger partial charge in [-0.25, -0.2) is 4.39 Å². The van der Waals surface area contributed by atoms with E-state index in [-0.39, 0.29) is 11.9 Å². The number of rotatable bonds is 7. The molecule has 154 valence electrons. The van der Waals surface area contributed by atoms with Crippen LogP contribution in [0.25, 0.3) is 0 Å². The van der Waals surface area contributed by atoms with E-state index in [2.05, 4.69) is 24.8 Å². The molecule has 1 aliphatic heterocycles. The number of fused-ring (bicyclic) bond motifs is 1. The van der Waals surface area contributed by atoms with Gasteiger partial charge in [-0.05, 0) is 53.4 Å². The molecule has 3 aliphatic carbocycles. The van der Waals surface area contributed by atoms with Gasteiger partial charge in [-0.3, -0.25) is 4.90 Å². The van der Waals surface area contributed by atoms with Crippen molar-refractivity contribution >= 4 is 0 Å². The fraction of sp³-hybridized carbons (Fsp3) is 0.652. The van der Waals surface area contributed by atoms with Crippen LogP contribution in [-0.2, 0) is 9.47 Å². The van der Waals surface area contributed by atoms with Gasteiger partial charge >= 0.3 is 0 Å². The molecule has 1 aromatic rings. The van der Waals surface area contributed by atoms with Crippen LogP contribution in [0, 0.1) is 23.1 Å². The van der Waals surface area contributed by atoms with Crippen LogP contribution in [0.5, 0.6) is 0 Å². The van der Waals surface area contributed by atoms with E-state index in [4.69, 9.17) is 9.47 Å². The van der Waals surface area contributed by atoms with E-state index in [0.717, 1.165) is 18.0 Å². The summed E-state index contributed by atoms with van der Waals surface area (Å²) >= 11 is 0. The number of hydrogen-bond acceptors (Lipinski definition) is 4. The predicted octanol–water partition coefficient (Wildman–Crippen LogP) is 3.57. The van der Waals surface area contributed by atoms with Crippen LogP contribution in [-0.4, -0.2) is 55.6 Å². The minimum Gasteiger partial charge on any atom is -0.389 e. The molecule has 4 nitrogen and oxygen atoms in total. The largest absolute Gasteiger partial charge is 0.389 e. The summed E-state index contributed by atoms with van der Waals surface area (Å²) in [6.45, 7) is 8.39. The van der Waals surface area contributed by atoms with Gasteiger partial charge in [-0.2, -0.15) is 0 Å². The molecule has 0 amide bonds. The predicted molar refractivity (Wildman–Crippen MR) is 106 cm³/mol. The summed E-state index contributed by atoms with van der Waals surface area (Å²) in [6, 6.07) is 6.47. The molecule has 28 heavy (non-hydrogen) atoms. The number of morpholine rings is 1. The lowest BCUT2D eigenvalue weighted by Crippen LogP contribution is -2.48. The van der Waals surface area contributed by atoms with Gasteiger partial charge in [0.1, 0.15) is 5.82 Å². The Kier molecular flexibility index (Phi) is 5.88. The summed E-state index contributed by atoms with van der Waals surface area (Å²) in [5.41, 5.74) is 2.81. The number of aliphatic hydroxyl groups is 1. The number of nitrogens with zero attached hydrogens (tertiary/aromatic N) is 1. The van der Waals surface area contributed by atoms with Gasteiger partial charge in [-0.15, -0.1) is 0 Å². The van der Waals surface area contributed by atoms with Gasteiger partial charge in [0.05, 0.1) is 32.0 Å². The summed E-state index contributed by atoms with van der Waals surface area (Å²) in [7, 11) is 0. The first-order chi connectivity index (χ1) is 13.4. The highest BCUT2D eigenvalue weighted by Crippen LogP contribution is 2.59. The van der Waals surface area contributed by atoms with Crippen molar-refractivity contribution in [3.8, 4) is 0 Å². The fourth-order valence-corrected chi connectivity index (χ4v) is 5.05. The molecule has 2 fully saturated rings. The second-order valence-electron chi connectivity index (χ2n) is 9.16. The van der Waals surface area contributed by atoms with Crippen molar-refractivity contribution in [3.05, 3.63) is 47.3 Å². The zero-order valence-corrected chi connectivity index (χ0v) is 16.9. The molecular formula is C23H32FNO3. The maximum atomic E-state index is 13.1. The van der Waals surface area contributed by atoms with Gasteiger partial charge in [0.25, 0.3) is 0 Å². The van der Waals surface area contributed by atoms with E-state index < -0.39 is 6.10 Å². The molecule has 5 rings (SSSR count). The van der Waals surface area contributed by atoms with E-state index in [9.17, 15) is 9.50 Å². The van der Waals surface area contributed by atoms with Crippen molar-refractivity contribution in [2.24, 2.45) is 17.3 Å². The van der Waals surface area contributed by atoms with Crippen LogP contribution in [0.1, 0.15) is 38.4 Å². The van der Waals surface area contributed by atoms with E-state index >= 15 is 0 Å². The number of allylic oxidation sites excluding steroid dienone is 1. The topological polar surface area (TPSA) is 41.9 Å². The first kappa shape index (κ1) is 20.0. The van der Waals surface area contributed by atoms with Crippen LogP contribution in [0.15, 0.2) is 35.9 Å². The highest BCUT2D eigenvalue weighted by Gasteiger charge is 2.50. The molecule has 1 aromatic carbocycles. The summed E-state index contributed by atoms with van der Waals surface area (Å²) in [4.78, 5) is 2.20. The average Bonchev–Trinajstić information content (AvgIpc) is 2.68. The number of aliphatic hydroxyl groups excluding tert-OH is 1. The normalized spacial score (nSPS) is 30.4. The molecule has 1 saturated carbocycles. The van der Waals surface area contributed by atoms with Crippen LogP contribution >= 0.6 is 0 Å². The fourth-order valence-electron chi connectivity index (χ4n) is 5.05. The molecule has 0 spiro atoms. The lowest BCUT2D eigenvalue weighted by Gasteiger charge is -2.56. The van der Waals surface area contributed by atoms with Gasteiger partial charge in [-0.1, -0.05) is 32.1 Å². The van der Waals surface area contributed by atoms with E-state index in [1.54, 1.807) is 12.1 Å². The van der Waals surface area contributed by atoms with Gasteiger partial charge in [0, 0.05) is 19.6 Å². The van der Waals surface area contributed by atoms with Gasteiger partial charge < -0.3 is 14.6 Å². The van der Waals surface area contributed by atoms with Crippen LogP contribution in [0.4, 0.5) is 4.39 Å². The summed E-state index contributed by atoms with van der Waals surface area (Å²) in [5, 5.41) is 10.4. The van der Waals surface area contributed by atoms with Crippen LogP contribution in [0.3, 0.4) is 0 Å². The van der Waals surface area contributed by atoms with Crippen LogP contribution < -0.4 is 0 Å². The second kappa shape index (κ2) is 8.23. The summed E-state index contributed by atoms with van der Waals surface area (Å²) in [6.07, 6.45) is 4.22. The molecule has 0 radical (unpaired) electrons. The Bertz CT molecular complexity index is 702. The third kappa shape index (κ3) is 4.18. The Morgan fingerprint density at radius 1 is 1.32 bits per heavy atom. The molecule has 5 heteroatoms. The van der Waals surface area contributed by atoms with Crippen LogP contribution in [0.2, 0.25) is 0 Å². The third-order valence-corrected chi connectivity index (χ3v) is 7.02. The second-order valence-corrected chi connectivity index (χ2v) is 9.16. The molecule has 0 unspecified atom stereocenters. The number of hydrogen-bond donors (Lipinski definition) is 1. The summed E-state index contributed by atoms with van der Waals surface area (Å²) in [5.74, 6) is 1.25. The van der Waals surface area contributed by atoms with Crippen molar-refractivity contribution < 1.29 is 19.0 Å². The maximum absolute atomic E-state index is 13.1. The Labute approximate surface area is 167 Å². The zero-order chi connectivity index (χ0) is 19.7. The number of halogens is 1. The van der Waals surface area contributed by atoms with Crippen molar-refractivity contribution in [1.29, 1.82) is 0 Å². The highest BCUT2D eigenvalue weighted by atomic mass is 19.1. The molecule has 1 N–H and O–H groups in total. The lowest BCUT2D eigenvalue weighted by molar-refractivity contribution is -0.0545. The number of ether oxygens (including phenoxy) is 2. The molecule has 4 atom stereocenters. The Morgan fingerprint density at radius 3 is 2.82 bits per heavy atom. The summed E-state index contributed by atoms with van der Waals surface area (Å²) < 4.78 is 24.8. The van der Waals surface area contributed by atoms with Crippen molar-refractivity contribution in [3.63, 3.8) is 0 Å². The maximum Gasteiger partial charge on any atom is 0.123 e. The number of β-amino-alcohol motifs (C(OH)–C–C–N with tert-alkyl or cyclic N) is 1. The average molecular weight is 390 g/mol. The standard InChI is InChI=1S/C23H32FNO3/c1-23(2)18-6-3-17(21(23)11-18)14-27-15-20(26)12-25-9-10-28-22(13-25)16-4-7-19(24)8-5-16/h3-5,7-8,18,20-22,26H,6,9-15H2,1-2H3/t18-,20-,21+,22+/m1/s1. The molecule has 1 saturated heterocycles. The van der Waals surface area contributed by atoms with Crippen molar-refractivity contribution in [1.82, 2.24) is 4.90 Å². The van der Waals surface area contributed by atoms with E-state index in [0.29, 0.717) is 44.2 Å². The Morgan fingerprint density at radius 2 is 2.11 bits per heavy atom. The molecule has 0 aromatic heterocycles. The van der Waals surface area contributed by atoms with Gasteiger partial charge in [0.2, 0.25) is 0 Å². The SMILES string of the molecule is CC1(C)[C@@H]2CC=C(COC[C@H](O)CN3CCO[C@H](c4ccc(F)cc4)C3)[C@@H]1C2. The minimum atomic E-state index is -0.515. The monoisotopic (exact) mass is 389 g/mol. The highest BCUT2D eigenvalue weighted by molar-refractivity contribution is 5.23. The number of benzene rings is 1. The Balaban J connectivity index is 1.21. The smallest absolute Gasteiger partial charge is 0.123 e. The Hall–Kier alpha value is -1.27. The van der Waals surface area contributed by atoms with Gasteiger partial charge in [0.15, 0.2) is 0 Å². The quantitative estimate of drug-likeness (QED) is 0.724. The van der Waals surface area contributed by atoms with Crippen molar-refractivity contribution in [2.75, 3.05) is 39.5 Å². The molecule has 2 bridgehead atoms.